The molecule has 0 saturated carbocycles. The topological polar surface area (TPSA) is 94.9 Å². The van der Waals surface area contributed by atoms with E-state index in [1.165, 1.54) is 12.1 Å². The van der Waals surface area contributed by atoms with Gasteiger partial charge in [-0.3, -0.25) is 14.4 Å². The Morgan fingerprint density at radius 1 is 0.929 bits per heavy atom. The first-order valence-corrected chi connectivity index (χ1v) is 9.07. The summed E-state index contributed by atoms with van der Waals surface area (Å²) in [6, 6.07) is 11.7. The van der Waals surface area contributed by atoms with Crippen molar-refractivity contribution in [3.05, 3.63) is 75.3 Å². The molecule has 0 spiro atoms. The summed E-state index contributed by atoms with van der Waals surface area (Å²) in [6.07, 6.45) is -0.335. The van der Waals surface area contributed by atoms with Crippen LogP contribution in [0.1, 0.15) is 23.6 Å². The number of carbonyl (C=O) groups excluding carboxylic acids is 2. The monoisotopic (exact) mass is 419 g/mol. The molecule has 28 heavy (non-hydrogen) atoms. The highest BCUT2D eigenvalue weighted by Crippen LogP contribution is 2.39. The van der Waals surface area contributed by atoms with Gasteiger partial charge in [0.2, 0.25) is 0 Å². The quantitative estimate of drug-likeness (QED) is 0.435. The molecule has 1 saturated heterocycles. The second-order valence-electron chi connectivity index (χ2n) is 6.19. The Morgan fingerprint density at radius 3 is 2.00 bits per heavy atom. The van der Waals surface area contributed by atoms with Gasteiger partial charge in [-0.1, -0.05) is 35.3 Å². The van der Waals surface area contributed by atoms with Gasteiger partial charge in [-0.15, -0.1) is 0 Å². The molecule has 0 bridgehead atoms. The van der Waals surface area contributed by atoms with Crippen molar-refractivity contribution in [2.45, 2.75) is 12.5 Å². The molecule has 2 aromatic rings. The average Bonchev–Trinajstić information content (AvgIpc) is 2.91. The Morgan fingerprint density at radius 2 is 1.46 bits per heavy atom. The number of Topliss-reactive ketones (excluding diaryl/α,β-unsaturated/α-hetero) is 1. The first kappa shape index (κ1) is 19.9. The third kappa shape index (κ3) is 3.88. The van der Waals surface area contributed by atoms with Gasteiger partial charge in [-0.05, 0) is 42.0 Å². The summed E-state index contributed by atoms with van der Waals surface area (Å²) in [7, 11) is 0. The number of carbonyl (C=O) groups is 3. The normalized spacial score (nSPS) is 18.5. The smallest absolute Gasteiger partial charge is 0.305 e. The summed E-state index contributed by atoms with van der Waals surface area (Å²) in [5.74, 6) is -3.20. The van der Waals surface area contributed by atoms with Gasteiger partial charge in [-0.25, -0.2) is 0 Å². The van der Waals surface area contributed by atoms with Crippen LogP contribution < -0.4 is 0 Å². The van der Waals surface area contributed by atoms with Crippen LogP contribution >= 0.6 is 23.2 Å². The van der Waals surface area contributed by atoms with E-state index in [2.05, 4.69) is 0 Å². The second kappa shape index (κ2) is 8.04. The molecule has 0 aromatic heterocycles. The molecule has 1 atom stereocenters. The molecule has 6 nitrogen and oxygen atoms in total. The van der Waals surface area contributed by atoms with Crippen molar-refractivity contribution < 1.29 is 24.6 Å². The zero-order chi connectivity index (χ0) is 20.4. The number of nitrogens with zero attached hydrogens (tertiary/aromatic N) is 1. The van der Waals surface area contributed by atoms with Gasteiger partial charge in [0.05, 0.1) is 18.0 Å². The summed E-state index contributed by atoms with van der Waals surface area (Å²) in [4.78, 5) is 37.4. The van der Waals surface area contributed by atoms with Crippen LogP contribution in [-0.4, -0.2) is 39.3 Å². The third-order valence-corrected chi connectivity index (χ3v) is 4.91. The minimum atomic E-state index is -1.10. The fraction of sp³-hybridized carbons (Fsp3) is 0.150. The number of hydrogen-bond acceptors (Lipinski definition) is 4. The van der Waals surface area contributed by atoms with Gasteiger partial charge in [0.25, 0.3) is 11.7 Å². The molecule has 1 heterocycles. The minimum Gasteiger partial charge on any atom is -0.507 e. The Kier molecular flexibility index (Phi) is 5.72. The van der Waals surface area contributed by atoms with Crippen molar-refractivity contribution in [3.63, 3.8) is 0 Å². The van der Waals surface area contributed by atoms with Crippen LogP contribution in [0.4, 0.5) is 0 Å². The van der Waals surface area contributed by atoms with Gasteiger partial charge in [0.1, 0.15) is 5.76 Å². The van der Waals surface area contributed by atoms with Crippen LogP contribution in [0.25, 0.3) is 5.76 Å². The van der Waals surface area contributed by atoms with Crippen molar-refractivity contribution in [2.24, 2.45) is 0 Å². The van der Waals surface area contributed by atoms with Crippen LogP contribution in [0, 0.1) is 0 Å². The van der Waals surface area contributed by atoms with Crippen LogP contribution in [-0.2, 0) is 14.4 Å². The summed E-state index contributed by atoms with van der Waals surface area (Å²) in [5.41, 5.74) is 0.740. The molecule has 1 fully saturated rings. The van der Waals surface area contributed by atoms with E-state index in [4.69, 9.17) is 28.3 Å². The standard InChI is InChI=1S/C20H15Cl2NO5/c21-13-5-1-11(2-6-13)17-16(18(26)12-3-7-14(22)8-4-12)19(27)20(28)23(17)10-9-15(24)25/h1-8,17,26H,9-10H2,(H,24,25)/b18-16+/t17-/m1/s1. The van der Waals surface area contributed by atoms with Crippen molar-refractivity contribution in [1.82, 2.24) is 4.90 Å². The average molecular weight is 420 g/mol. The van der Waals surface area contributed by atoms with Crippen molar-refractivity contribution in [2.75, 3.05) is 6.54 Å². The van der Waals surface area contributed by atoms with Crippen LogP contribution in [0.5, 0.6) is 0 Å². The van der Waals surface area contributed by atoms with Crippen molar-refractivity contribution in [1.29, 1.82) is 0 Å². The van der Waals surface area contributed by atoms with Gasteiger partial charge < -0.3 is 15.1 Å². The van der Waals surface area contributed by atoms with Gasteiger partial charge >= 0.3 is 5.97 Å². The molecule has 2 aromatic carbocycles. The number of aliphatic carboxylic acids is 1. The van der Waals surface area contributed by atoms with E-state index < -0.39 is 23.7 Å². The van der Waals surface area contributed by atoms with Gasteiger partial charge in [0, 0.05) is 22.2 Å². The number of carboxylic acid groups (broad SMARTS) is 1. The highest BCUT2D eigenvalue weighted by atomic mass is 35.5. The number of likely N-dealkylation sites (tertiary alicyclic amines) is 1. The zero-order valence-electron chi connectivity index (χ0n) is 14.4. The molecule has 1 aliphatic heterocycles. The highest BCUT2D eigenvalue weighted by molar-refractivity contribution is 6.46. The Bertz CT molecular complexity index is 967. The lowest BCUT2D eigenvalue weighted by atomic mass is 9.95. The summed E-state index contributed by atoms with van der Waals surface area (Å²) < 4.78 is 0. The van der Waals surface area contributed by atoms with E-state index >= 15 is 0 Å². The summed E-state index contributed by atoms with van der Waals surface area (Å²) in [5, 5.41) is 20.7. The highest BCUT2D eigenvalue weighted by Gasteiger charge is 2.46. The lowest BCUT2D eigenvalue weighted by Gasteiger charge is -2.24. The van der Waals surface area contributed by atoms with E-state index in [0.717, 1.165) is 4.90 Å². The van der Waals surface area contributed by atoms with Gasteiger partial charge in [-0.2, -0.15) is 0 Å². The number of hydrogen-bond donors (Lipinski definition) is 2. The Labute approximate surface area is 170 Å². The maximum atomic E-state index is 12.7. The first-order chi connectivity index (χ1) is 13.3. The Hall–Kier alpha value is -2.83. The van der Waals surface area contributed by atoms with E-state index in [1.54, 1.807) is 36.4 Å². The molecule has 2 N–H and O–H groups in total. The molecular formula is C20H15Cl2NO5. The zero-order valence-corrected chi connectivity index (χ0v) is 15.9. The number of aliphatic hydroxyl groups excluding tert-OH is 1. The molecule has 144 valence electrons. The molecule has 1 aliphatic rings. The largest absolute Gasteiger partial charge is 0.507 e. The number of rotatable bonds is 5. The number of halogens is 2. The lowest BCUT2D eigenvalue weighted by molar-refractivity contribution is -0.142. The van der Waals surface area contributed by atoms with E-state index in [9.17, 15) is 19.5 Å². The molecule has 1 amide bonds. The second-order valence-corrected chi connectivity index (χ2v) is 7.07. The fourth-order valence-corrected chi connectivity index (χ4v) is 3.33. The van der Waals surface area contributed by atoms with E-state index in [-0.39, 0.29) is 24.3 Å². The van der Waals surface area contributed by atoms with E-state index in [0.29, 0.717) is 21.2 Å². The predicted octanol–water partition coefficient (Wildman–Crippen LogP) is 3.89. The fourth-order valence-electron chi connectivity index (χ4n) is 3.08. The van der Waals surface area contributed by atoms with Gasteiger partial charge in [0.15, 0.2) is 0 Å². The Balaban J connectivity index is 2.14. The van der Waals surface area contributed by atoms with Crippen LogP contribution in [0.15, 0.2) is 54.1 Å². The lowest BCUT2D eigenvalue weighted by Crippen LogP contribution is -2.31. The summed E-state index contributed by atoms with van der Waals surface area (Å²) in [6.45, 7) is -0.176. The molecule has 0 aliphatic carbocycles. The molecular weight excluding hydrogens is 405 g/mol. The van der Waals surface area contributed by atoms with Crippen LogP contribution in [0.3, 0.4) is 0 Å². The maximum absolute atomic E-state index is 12.7. The number of amides is 1. The number of ketones is 1. The third-order valence-electron chi connectivity index (χ3n) is 4.41. The van der Waals surface area contributed by atoms with E-state index in [1.807, 2.05) is 0 Å². The summed E-state index contributed by atoms with van der Waals surface area (Å²) >= 11 is 11.8. The molecule has 3 rings (SSSR count). The molecule has 8 heteroatoms. The molecule has 0 unspecified atom stereocenters. The maximum Gasteiger partial charge on any atom is 0.305 e. The van der Waals surface area contributed by atoms with Crippen molar-refractivity contribution >= 4 is 46.6 Å². The minimum absolute atomic E-state index is 0.111. The predicted molar refractivity (Wildman–Crippen MR) is 104 cm³/mol. The van der Waals surface area contributed by atoms with Crippen molar-refractivity contribution in [3.8, 4) is 0 Å². The SMILES string of the molecule is O=C(O)CCN1C(=O)C(=O)/C(=C(/O)c2ccc(Cl)cc2)[C@H]1c1ccc(Cl)cc1. The number of aliphatic hydroxyl groups is 1. The molecule has 0 radical (unpaired) electrons. The number of carboxylic acids is 1. The number of benzene rings is 2. The first-order valence-electron chi connectivity index (χ1n) is 8.31. The van der Waals surface area contributed by atoms with Crippen LogP contribution in [0.2, 0.25) is 10.0 Å².